The van der Waals surface area contributed by atoms with Crippen LogP contribution in [0.1, 0.15) is 5.56 Å². The zero-order valence-corrected chi connectivity index (χ0v) is 24.1. The van der Waals surface area contributed by atoms with Gasteiger partial charge in [0.2, 0.25) is 0 Å². The molecule has 0 aliphatic heterocycles. The van der Waals surface area contributed by atoms with Crippen LogP contribution < -0.4 is 4.90 Å². The van der Waals surface area contributed by atoms with Gasteiger partial charge in [-0.25, -0.2) is 0 Å². The van der Waals surface area contributed by atoms with Crippen molar-refractivity contribution in [1.29, 1.82) is 0 Å². The van der Waals surface area contributed by atoms with E-state index in [1.807, 2.05) is 6.07 Å². The Morgan fingerprint density at radius 3 is 2.11 bits per heavy atom. The summed E-state index contributed by atoms with van der Waals surface area (Å²) >= 11 is 0. The molecule has 7 aromatic carbocycles. The second kappa shape index (κ2) is 9.62. The molecule has 0 fully saturated rings. The van der Waals surface area contributed by atoms with Gasteiger partial charge in [0.15, 0.2) is 5.58 Å². The average Bonchev–Trinajstić information content (AvgIpc) is 3.64. The van der Waals surface area contributed by atoms with Crippen molar-refractivity contribution in [3.63, 3.8) is 0 Å². The standard InChI is InChI=1S/C41H27NO2/c1-26-10-7-14-29(24-26)42(30-21-22-35-38(25-30)43-37-23-20-28-13-5-6-15-31(28)39(35)37)36-19-9-18-34-33-17-8-16-32(40(33)44-41(34)36)27-11-3-2-4-12-27/h2-25H,1H3. The van der Waals surface area contributed by atoms with E-state index in [9.17, 15) is 0 Å². The van der Waals surface area contributed by atoms with E-state index in [1.54, 1.807) is 0 Å². The lowest BCUT2D eigenvalue weighted by atomic mass is 10.0. The molecule has 0 saturated carbocycles. The molecule has 9 rings (SSSR count). The van der Waals surface area contributed by atoms with Crippen LogP contribution >= 0.6 is 0 Å². The summed E-state index contributed by atoms with van der Waals surface area (Å²) in [7, 11) is 0. The van der Waals surface area contributed by atoms with Gasteiger partial charge in [-0.2, -0.15) is 0 Å². The van der Waals surface area contributed by atoms with Crippen LogP contribution in [0.25, 0.3) is 65.8 Å². The molecular weight excluding hydrogens is 538 g/mol. The van der Waals surface area contributed by atoms with Gasteiger partial charge in [0.25, 0.3) is 0 Å². The Morgan fingerprint density at radius 2 is 1.23 bits per heavy atom. The van der Waals surface area contributed by atoms with Crippen LogP contribution in [0.5, 0.6) is 0 Å². The van der Waals surface area contributed by atoms with Crippen LogP contribution in [0.3, 0.4) is 0 Å². The minimum atomic E-state index is 0.850. The first-order valence-corrected chi connectivity index (χ1v) is 14.9. The maximum Gasteiger partial charge on any atom is 0.159 e. The molecular formula is C41H27NO2. The monoisotopic (exact) mass is 565 g/mol. The Balaban J connectivity index is 1.30. The molecule has 0 atom stereocenters. The number of hydrogen-bond acceptors (Lipinski definition) is 3. The Bertz CT molecular complexity index is 2520. The molecule has 0 saturated heterocycles. The number of rotatable bonds is 4. The van der Waals surface area contributed by atoms with E-state index < -0.39 is 0 Å². The number of fused-ring (bicyclic) bond motifs is 8. The van der Waals surface area contributed by atoms with Crippen molar-refractivity contribution in [1.82, 2.24) is 0 Å². The molecule has 3 heteroatoms. The van der Waals surface area contributed by atoms with E-state index in [0.717, 1.165) is 72.1 Å². The van der Waals surface area contributed by atoms with Crippen LogP contribution in [0.15, 0.2) is 154 Å². The van der Waals surface area contributed by atoms with Gasteiger partial charge in [-0.3, -0.25) is 0 Å². The average molecular weight is 566 g/mol. The number of anilines is 3. The number of nitrogens with zero attached hydrogens (tertiary/aromatic N) is 1. The van der Waals surface area contributed by atoms with Crippen molar-refractivity contribution in [3.8, 4) is 11.1 Å². The molecule has 3 nitrogen and oxygen atoms in total. The first-order chi connectivity index (χ1) is 21.7. The highest BCUT2D eigenvalue weighted by Crippen LogP contribution is 2.45. The van der Waals surface area contributed by atoms with Gasteiger partial charge < -0.3 is 13.7 Å². The van der Waals surface area contributed by atoms with Crippen LogP contribution in [0, 0.1) is 6.92 Å². The highest BCUT2D eigenvalue weighted by molar-refractivity contribution is 6.19. The van der Waals surface area contributed by atoms with Crippen LogP contribution in [-0.4, -0.2) is 0 Å². The van der Waals surface area contributed by atoms with Crippen LogP contribution in [0.4, 0.5) is 17.1 Å². The second-order valence-corrected chi connectivity index (χ2v) is 11.4. The normalized spacial score (nSPS) is 11.8. The molecule has 0 radical (unpaired) electrons. The van der Waals surface area contributed by atoms with Crippen molar-refractivity contribution in [2.24, 2.45) is 0 Å². The number of furan rings is 2. The van der Waals surface area contributed by atoms with E-state index in [-0.39, 0.29) is 0 Å². The van der Waals surface area contributed by atoms with Gasteiger partial charge in [0.1, 0.15) is 16.7 Å². The summed E-state index contributed by atoms with van der Waals surface area (Å²) in [5.41, 5.74) is 9.94. The lowest BCUT2D eigenvalue weighted by molar-refractivity contribution is 0.668. The van der Waals surface area contributed by atoms with Gasteiger partial charge >= 0.3 is 0 Å². The summed E-state index contributed by atoms with van der Waals surface area (Å²) in [4.78, 5) is 2.28. The van der Waals surface area contributed by atoms with Crippen molar-refractivity contribution < 1.29 is 8.83 Å². The summed E-state index contributed by atoms with van der Waals surface area (Å²) in [6.45, 7) is 2.13. The maximum absolute atomic E-state index is 6.84. The number of aryl methyl sites for hydroxylation is 1. The molecule has 2 heterocycles. The van der Waals surface area contributed by atoms with Gasteiger partial charge in [-0.15, -0.1) is 0 Å². The Labute approximate surface area is 254 Å². The minimum Gasteiger partial charge on any atom is -0.456 e. The predicted octanol–water partition coefficient (Wildman–Crippen LogP) is 12.1. The summed E-state index contributed by atoms with van der Waals surface area (Å²) < 4.78 is 13.3. The highest BCUT2D eigenvalue weighted by Gasteiger charge is 2.22. The van der Waals surface area contributed by atoms with Crippen molar-refractivity contribution in [2.45, 2.75) is 6.92 Å². The van der Waals surface area contributed by atoms with Crippen molar-refractivity contribution in [3.05, 3.63) is 151 Å². The third-order valence-corrected chi connectivity index (χ3v) is 8.69. The molecule has 0 unspecified atom stereocenters. The SMILES string of the molecule is Cc1cccc(N(c2ccc3c(c2)oc2ccc4ccccc4c23)c2cccc3c2oc2c(-c4ccccc4)cccc23)c1. The van der Waals surface area contributed by atoms with Crippen molar-refractivity contribution >= 4 is 71.7 Å². The molecule has 2 aromatic heterocycles. The molecule has 9 aromatic rings. The molecule has 0 spiro atoms. The first-order valence-electron chi connectivity index (χ1n) is 14.9. The topological polar surface area (TPSA) is 29.5 Å². The largest absolute Gasteiger partial charge is 0.456 e. The number of benzene rings is 7. The summed E-state index contributed by atoms with van der Waals surface area (Å²) in [6.07, 6.45) is 0. The molecule has 44 heavy (non-hydrogen) atoms. The van der Waals surface area contributed by atoms with E-state index >= 15 is 0 Å². The third-order valence-electron chi connectivity index (χ3n) is 8.69. The van der Waals surface area contributed by atoms with Gasteiger partial charge in [0, 0.05) is 38.9 Å². The highest BCUT2D eigenvalue weighted by atomic mass is 16.3. The third kappa shape index (κ3) is 3.76. The molecule has 208 valence electrons. The quantitative estimate of drug-likeness (QED) is 0.213. The van der Waals surface area contributed by atoms with Gasteiger partial charge in [-0.05, 0) is 65.2 Å². The Hall–Kier alpha value is -5.80. The van der Waals surface area contributed by atoms with E-state index in [2.05, 4.69) is 151 Å². The van der Waals surface area contributed by atoms with Gasteiger partial charge in [0.05, 0.1) is 11.4 Å². The molecule has 0 N–H and O–H groups in total. The number of para-hydroxylation sites is 2. The summed E-state index contributed by atoms with van der Waals surface area (Å²) in [5, 5.41) is 6.86. The van der Waals surface area contributed by atoms with Crippen LogP contribution in [0.2, 0.25) is 0 Å². The fraction of sp³-hybridized carbons (Fsp3) is 0.0244. The lowest BCUT2D eigenvalue weighted by Crippen LogP contribution is -2.10. The fourth-order valence-corrected chi connectivity index (χ4v) is 6.69. The van der Waals surface area contributed by atoms with E-state index in [0.29, 0.717) is 0 Å². The molecule has 0 amide bonds. The number of hydrogen-bond donors (Lipinski definition) is 0. The molecule has 0 aliphatic rings. The van der Waals surface area contributed by atoms with E-state index in [4.69, 9.17) is 8.83 Å². The zero-order valence-electron chi connectivity index (χ0n) is 24.1. The Morgan fingerprint density at radius 1 is 0.477 bits per heavy atom. The summed E-state index contributed by atoms with van der Waals surface area (Å²) in [6, 6.07) is 51.1. The molecule has 0 aliphatic carbocycles. The zero-order chi connectivity index (χ0) is 29.2. The Kier molecular flexibility index (Phi) is 5.41. The fourth-order valence-electron chi connectivity index (χ4n) is 6.69. The second-order valence-electron chi connectivity index (χ2n) is 11.4. The lowest BCUT2D eigenvalue weighted by Gasteiger charge is -2.25. The predicted molar refractivity (Wildman–Crippen MR) is 183 cm³/mol. The minimum absolute atomic E-state index is 0.850. The smallest absolute Gasteiger partial charge is 0.159 e. The summed E-state index contributed by atoms with van der Waals surface area (Å²) in [5.74, 6) is 0. The maximum atomic E-state index is 6.84. The first kappa shape index (κ1) is 24.8. The van der Waals surface area contributed by atoms with Crippen molar-refractivity contribution in [2.75, 3.05) is 4.90 Å². The van der Waals surface area contributed by atoms with E-state index in [1.165, 1.54) is 16.3 Å². The molecule has 0 bridgehead atoms. The van der Waals surface area contributed by atoms with Gasteiger partial charge in [-0.1, -0.05) is 103 Å². The van der Waals surface area contributed by atoms with Crippen LogP contribution in [-0.2, 0) is 0 Å².